The smallest absolute Gasteiger partial charge is 0.0134 e. The van der Waals surface area contributed by atoms with E-state index in [0.717, 1.165) is 19.5 Å². The van der Waals surface area contributed by atoms with Crippen molar-refractivity contribution in [3.8, 4) is 0 Å². The molecule has 0 aliphatic carbocycles. The summed E-state index contributed by atoms with van der Waals surface area (Å²) < 4.78 is 0. The molecule has 0 fully saturated rings. The Morgan fingerprint density at radius 1 is 1.25 bits per heavy atom. The van der Waals surface area contributed by atoms with Gasteiger partial charge in [-0.05, 0) is 40.5 Å². The molecule has 0 radical (unpaired) electrons. The first-order chi connectivity index (χ1) is 5.54. The van der Waals surface area contributed by atoms with Gasteiger partial charge in [-0.2, -0.15) is 0 Å². The van der Waals surface area contributed by atoms with Gasteiger partial charge in [-0.15, -0.1) is 0 Å². The normalized spacial score (nSPS) is 12.2. The first kappa shape index (κ1) is 14.4. The van der Waals surface area contributed by atoms with Crippen molar-refractivity contribution < 1.29 is 0 Å². The molecule has 12 heavy (non-hydrogen) atoms. The van der Waals surface area contributed by atoms with Crippen LogP contribution < -0.4 is 17.2 Å². The molecule has 1 atom stereocenters. The van der Waals surface area contributed by atoms with E-state index in [-0.39, 0.29) is 6.04 Å². The van der Waals surface area contributed by atoms with Crippen LogP contribution in [-0.2, 0) is 0 Å². The standard InChI is InChI=1S/C5H14N2.C3H10N2/c1-7(2)5-3-4-6;1-3(5)2-4/h3-6H2,1-2H3;3H,2,4-5H2,1H3. The number of nitrogens with zero attached hydrogens (tertiary/aromatic N) is 1. The predicted octanol–water partition coefficient (Wildman–Crippen LogP) is -0.811. The van der Waals surface area contributed by atoms with E-state index in [1.807, 2.05) is 6.92 Å². The van der Waals surface area contributed by atoms with Crippen LogP contribution in [0.25, 0.3) is 0 Å². The van der Waals surface area contributed by atoms with E-state index in [1.165, 1.54) is 0 Å². The molecule has 0 saturated carbocycles. The summed E-state index contributed by atoms with van der Waals surface area (Å²) in [4.78, 5) is 2.13. The highest BCUT2D eigenvalue weighted by atomic mass is 15.0. The number of rotatable bonds is 4. The number of hydrogen-bond donors (Lipinski definition) is 3. The van der Waals surface area contributed by atoms with Gasteiger partial charge in [-0.1, -0.05) is 0 Å². The highest BCUT2D eigenvalue weighted by molar-refractivity contribution is 4.48. The van der Waals surface area contributed by atoms with Crippen LogP contribution in [0.1, 0.15) is 13.3 Å². The summed E-state index contributed by atoms with van der Waals surface area (Å²) in [5, 5.41) is 0. The van der Waals surface area contributed by atoms with Gasteiger partial charge >= 0.3 is 0 Å². The average molecular weight is 176 g/mol. The summed E-state index contributed by atoms with van der Waals surface area (Å²) >= 11 is 0. The molecule has 0 heterocycles. The highest BCUT2D eigenvalue weighted by Crippen LogP contribution is 1.76. The van der Waals surface area contributed by atoms with Crippen molar-refractivity contribution in [2.75, 3.05) is 33.7 Å². The Morgan fingerprint density at radius 3 is 1.75 bits per heavy atom. The monoisotopic (exact) mass is 176 g/mol. The van der Waals surface area contributed by atoms with E-state index in [0.29, 0.717) is 6.54 Å². The van der Waals surface area contributed by atoms with E-state index in [2.05, 4.69) is 19.0 Å². The van der Waals surface area contributed by atoms with Crippen LogP contribution in [0.15, 0.2) is 0 Å². The fraction of sp³-hybridized carbons (Fsp3) is 1.00. The number of nitrogens with two attached hydrogens (primary N) is 3. The molecule has 0 aliphatic heterocycles. The van der Waals surface area contributed by atoms with Crippen molar-refractivity contribution in [3.63, 3.8) is 0 Å². The molecule has 1 unspecified atom stereocenters. The lowest BCUT2D eigenvalue weighted by molar-refractivity contribution is 0.403. The lowest BCUT2D eigenvalue weighted by Crippen LogP contribution is -2.25. The van der Waals surface area contributed by atoms with Crippen molar-refractivity contribution >= 4 is 0 Å². The van der Waals surface area contributed by atoms with Crippen molar-refractivity contribution in [1.82, 2.24) is 4.90 Å². The Hall–Kier alpha value is -0.160. The van der Waals surface area contributed by atoms with Gasteiger partial charge in [0, 0.05) is 12.6 Å². The zero-order chi connectivity index (χ0) is 9.98. The summed E-state index contributed by atoms with van der Waals surface area (Å²) in [7, 11) is 4.10. The zero-order valence-electron chi connectivity index (χ0n) is 8.59. The summed E-state index contributed by atoms with van der Waals surface area (Å²) in [5.41, 5.74) is 15.5. The van der Waals surface area contributed by atoms with E-state index >= 15 is 0 Å². The van der Waals surface area contributed by atoms with E-state index in [9.17, 15) is 0 Å². The van der Waals surface area contributed by atoms with Crippen molar-refractivity contribution in [3.05, 3.63) is 0 Å². The Balaban J connectivity index is 0. The van der Waals surface area contributed by atoms with Crippen LogP contribution in [0.3, 0.4) is 0 Å². The molecule has 0 aromatic rings. The molecule has 4 heteroatoms. The second-order valence-corrected chi connectivity index (χ2v) is 3.16. The lowest BCUT2D eigenvalue weighted by Gasteiger charge is -2.05. The largest absolute Gasteiger partial charge is 0.330 e. The van der Waals surface area contributed by atoms with Crippen molar-refractivity contribution in [2.24, 2.45) is 17.2 Å². The second kappa shape index (κ2) is 10.8. The summed E-state index contributed by atoms with van der Waals surface area (Å²) in [6.45, 7) is 4.37. The van der Waals surface area contributed by atoms with Crippen molar-refractivity contribution in [1.29, 1.82) is 0 Å². The maximum atomic E-state index is 5.25. The molecule has 0 aromatic heterocycles. The molecule has 0 aromatic carbocycles. The van der Waals surface area contributed by atoms with Crippen molar-refractivity contribution in [2.45, 2.75) is 19.4 Å². The Labute approximate surface area is 76.1 Å². The predicted molar refractivity (Wildman–Crippen MR) is 54.9 cm³/mol. The Morgan fingerprint density at radius 2 is 1.67 bits per heavy atom. The van der Waals surface area contributed by atoms with Gasteiger partial charge in [0.1, 0.15) is 0 Å². The molecule has 6 N–H and O–H groups in total. The maximum Gasteiger partial charge on any atom is 0.0134 e. The van der Waals surface area contributed by atoms with Gasteiger partial charge in [-0.3, -0.25) is 0 Å². The fourth-order valence-corrected chi connectivity index (χ4v) is 0.408. The first-order valence-corrected chi connectivity index (χ1v) is 4.35. The maximum absolute atomic E-state index is 5.25. The third-order valence-corrected chi connectivity index (χ3v) is 1.18. The molecular weight excluding hydrogens is 152 g/mol. The topological polar surface area (TPSA) is 81.3 Å². The van der Waals surface area contributed by atoms with Crippen LogP contribution in [0.2, 0.25) is 0 Å². The van der Waals surface area contributed by atoms with Crippen LogP contribution in [0.4, 0.5) is 0 Å². The van der Waals surface area contributed by atoms with Crippen LogP contribution >= 0.6 is 0 Å². The molecule has 0 amide bonds. The molecular formula is C8H24N4. The minimum absolute atomic E-state index is 0.162. The SMILES string of the molecule is CC(N)CN.CN(C)CCCN. The third kappa shape index (κ3) is 22.5. The molecule has 0 aliphatic rings. The minimum atomic E-state index is 0.162. The van der Waals surface area contributed by atoms with Gasteiger partial charge in [0.25, 0.3) is 0 Å². The van der Waals surface area contributed by atoms with Crippen LogP contribution in [0, 0.1) is 0 Å². The second-order valence-electron chi connectivity index (χ2n) is 3.16. The van der Waals surface area contributed by atoms with E-state index in [1.54, 1.807) is 0 Å². The summed E-state index contributed by atoms with van der Waals surface area (Å²) in [6, 6.07) is 0.162. The summed E-state index contributed by atoms with van der Waals surface area (Å²) in [5.74, 6) is 0. The van der Waals surface area contributed by atoms with Gasteiger partial charge in [0.15, 0.2) is 0 Å². The van der Waals surface area contributed by atoms with Gasteiger partial charge < -0.3 is 22.1 Å². The zero-order valence-corrected chi connectivity index (χ0v) is 8.59. The average Bonchev–Trinajstić information content (AvgIpc) is 2.02. The lowest BCUT2D eigenvalue weighted by atomic mass is 10.4. The Kier molecular flexibility index (Phi) is 13.0. The summed E-state index contributed by atoms with van der Waals surface area (Å²) in [6.07, 6.45) is 1.10. The molecule has 0 spiro atoms. The van der Waals surface area contributed by atoms with E-state index in [4.69, 9.17) is 17.2 Å². The molecule has 4 nitrogen and oxygen atoms in total. The molecule has 0 bridgehead atoms. The molecule has 0 saturated heterocycles. The Bertz CT molecular complexity index is 73.5. The van der Waals surface area contributed by atoms with Gasteiger partial charge in [0.2, 0.25) is 0 Å². The van der Waals surface area contributed by atoms with E-state index < -0.39 is 0 Å². The van der Waals surface area contributed by atoms with Crippen LogP contribution in [0.5, 0.6) is 0 Å². The minimum Gasteiger partial charge on any atom is -0.330 e. The first-order valence-electron chi connectivity index (χ1n) is 4.35. The number of hydrogen-bond acceptors (Lipinski definition) is 4. The van der Waals surface area contributed by atoms with Crippen LogP contribution in [-0.4, -0.2) is 44.7 Å². The quantitative estimate of drug-likeness (QED) is 0.523. The van der Waals surface area contributed by atoms with Gasteiger partial charge in [-0.25, -0.2) is 0 Å². The molecule has 76 valence electrons. The van der Waals surface area contributed by atoms with Gasteiger partial charge in [0.05, 0.1) is 0 Å². The fourth-order valence-electron chi connectivity index (χ4n) is 0.408. The highest BCUT2D eigenvalue weighted by Gasteiger charge is 1.83. The molecule has 0 rings (SSSR count). The third-order valence-electron chi connectivity index (χ3n) is 1.18.